The summed E-state index contributed by atoms with van der Waals surface area (Å²) >= 11 is 0. The van der Waals surface area contributed by atoms with Gasteiger partial charge in [0.2, 0.25) is 0 Å². The van der Waals surface area contributed by atoms with Crippen LogP contribution in [0.3, 0.4) is 0 Å². The Bertz CT molecular complexity index is 622. The fourth-order valence-electron chi connectivity index (χ4n) is 2.02. The molecule has 2 heterocycles. The molecular formula is C11H13F2N2O6P. The molecular weight excluding hydrogens is 325 g/mol. The number of carbonyl (C=O) groups excluding carboxylic acids is 1. The van der Waals surface area contributed by atoms with Gasteiger partial charge < -0.3 is 24.8 Å². The summed E-state index contributed by atoms with van der Waals surface area (Å²) in [5.41, 5.74) is 5.21. The average molecular weight is 338 g/mol. The zero-order chi connectivity index (χ0) is 16.5. The van der Waals surface area contributed by atoms with Gasteiger partial charge in [0.25, 0.3) is 25.9 Å². The number of alkyl halides is 2. The monoisotopic (exact) mass is 338 g/mol. The molecule has 0 saturated carbocycles. The molecule has 1 aromatic heterocycles. The van der Waals surface area contributed by atoms with Crippen molar-refractivity contribution in [2.75, 3.05) is 6.61 Å². The third kappa shape index (κ3) is 4.05. The molecule has 3 atom stereocenters. The van der Waals surface area contributed by atoms with E-state index in [9.17, 15) is 23.0 Å². The fraction of sp³-hybridized carbons (Fsp3) is 0.455. The summed E-state index contributed by atoms with van der Waals surface area (Å²) in [7, 11) is -5.12. The molecule has 3 N–H and O–H groups in total. The van der Waals surface area contributed by atoms with Crippen LogP contribution in [0, 0.1) is 0 Å². The Labute approximate surface area is 123 Å². The van der Waals surface area contributed by atoms with Crippen LogP contribution in [-0.2, 0) is 13.8 Å². The van der Waals surface area contributed by atoms with Crippen LogP contribution < -0.4 is 15.2 Å². The highest BCUT2D eigenvalue weighted by Crippen LogP contribution is 2.41. The maximum Gasteiger partial charge on any atom is 0.285 e. The topological polar surface area (TPSA) is 126 Å². The Morgan fingerprint density at radius 1 is 1.68 bits per heavy atom. The maximum absolute atomic E-state index is 13.8. The van der Waals surface area contributed by atoms with E-state index in [2.05, 4.69) is 4.52 Å². The molecule has 0 aliphatic carbocycles. The highest BCUT2D eigenvalue weighted by Gasteiger charge is 2.54. The van der Waals surface area contributed by atoms with Gasteiger partial charge in [0.05, 0.1) is 6.61 Å². The molecule has 0 bridgehead atoms. The van der Waals surface area contributed by atoms with Crippen LogP contribution in [0.2, 0.25) is 0 Å². The Hall–Kier alpha value is -1.45. The molecule has 1 saturated heterocycles. The van der Waals surface area contributed by atoms with E-state index in [1.807, 2.05) is 0 Å². The molecule has 122 valence electrons. The first kappa shape index (κ1) is 16.9. The first-order valence-electron chi connectivity index (χ1n) is 6.11. The maximum atomic E-state index is 13.8. The Balaban J connectivity index is 2.13. The average Bonchev–Trinajstić information content (AvgIpc) is 2.71. The van der Waals surface area contributed by atoms with Crippen molar-refractivity contribution in [1.29, 1.82) is 0 Å². The third-order valence-electron chi connectivity index (χ3n) is 3.07. The molecule has 1 fully saturated rings. The molecule has 2 rings (SSSR count). The lowest BCUT2D eigenvalue weighted by Gasteiger charge is -2.20. The number of rotatable bonds is 5. The molecule has 11 heteroatoms. The quantitative estimate of drug-likeness (QED) is 0.549. The molecule has 0 radical (unpaired) electrons. The van der Waals surface area contributed by atoms with Gasteiger partial charge >= 0.3 is 0 Å². The van der Waals surface area contributed by atoms with Crippen molar-refractivity contribution in [3.8, 4) is 0 Å². The van der Waals surface area contributed by atoms with Gasteiger partial charge in [-0.15, -0.1) is 0 Å². The lowest BCUT2D eigenvalue weighted by atomic mass is 10.1. The van der Waals surface area contributed by atoms with E-state index in [-0.39, 0.29) is 5.56 Å². The van der Waals surface area contributed by atoms with E-state index in [0.717, 1.165) is 0 Å². The van der Waals surface area contributed by atoms with E-state index in [1.165, 1.54) is 29.1 Å². The van der Waals surface area contributed by atoms with Crippen LogP contribution in [0.15, 0.2) is 24.5 Å². The van der Waals surface area contributed by atoms with E-state index >= 15 is 0 Å². The number of pyridine rings is 1. The van der Waals surface area contributed by atoms with Crippen molar-refractivity contribution in [2.24, 2.45) is 5.73 Å². The van der Waals surface area contributed by atoms with Crippen molar-refractivity contribution in [3.63, 3.8) is 0 Å². The molecule has 8 nitrogen and oxygen atoms in total. The highest BCUT2D eigenvalue weighted by atomic mass is 31.2. The lowest BCUT2D eigenvalue weighted by molar-refractivity contribution is -0.759. The molecule has 22 heavy (non-hydrogen) atoms. The molecule has 1 amide bonds. The van der Waals surface area contributed by atoms with Crippen molar-refractivity contribution >= 4 is 13.7 Å². The minimum Gasteiger partial charge on any atom is -0.756 e. The first-order chi connectivity index (χ1) is 10.1. The zero-order valence-electron chi connectivity index (χ0n) is 11.1. The van der Waals surface area contributed by atoms with E-state index in [0.29, 0.717) is 0 Å². The minimum absolute atomic E-state index is 0.105. The van der Waals surface area contributed by atoms with Gasteiger partial charge in [-0.05, 0) is 6.07 Å². The van der Waals surface area contributed by atoms with Crippen molar-refractivity contribution < 1.29 is 41.8 Å². The van der Waals surface area contributed by atoms with Gasteiger partial charge in [-0.1, -0.05) is 0 Å². The minimum atomic E-state index is -5.12. The van der Waals surface area contributed by atoms with Gasteiger partial charge in [0.15, 0.2) is 18.5 Å². The van der Waals surface area contributed by atoms with Gasteiger partial charge in [-0.2, -0.15) is 4.57 Å². The number of carbonyl (C=O) groups is 1. The summed E-state index contributed by atoms with van der Waals surface area (Å²) in [6.45, 7) is -1.02. The number of amides is 1. The number of nitrogens with two attached hydrogens (primary N) is 1. The summed E-state index contributed by atoms with van der Waals surface area (Å²) < 4.78 is 48.3. The first-order valence-corrected chi connectivity index (χ1v) is 7.60. The van der Waals surface area contributed by atoms with Crippen LogP contribution in [0.1, 0.15) is 23.0 Å². The predicted octanol–water partition coefficient (Wildman–Crippen LogP) is -0.527. The number of nitrogens with zero attached hydrogens (tertiary/aromatic N) is 1. The zero-order valence-corrected chi connectivity index (χ0v) is 12.0. The molecule has 0 aromatic carbocycles. The number of primary amides is 1. The molecule has 1 aliphatic heterocycles. The second-order valence-corrected chi connectivity index (χ2v) is 5.91. The summed E-state index contributed by atoms with van der Waals surface area (Å²) in [5.74, 6) is -4.10. The molecule has 1 aromatic rings. The standard InChI is InChI=1S/C11H13F2N2O6P/c12-11(13)4-9(21-8(11)6-20-22(17,18)19)15-3-1-2-7(5-15)10(14)16/h1-3,5,8-9H,4,6H2,(H3-,14,16,17,18,19)/t8-,9+/m1/s1. The molecule has 1 unspecified atom stereocenters. The Morgan fingerprint density at radius 2 is 2.36 bits per heavy atom. The van der Waals surface area contributed by atoms with E-state index in [1.54, 1.807) is 0 Å². The third-order valence-corrected chi connectivity index (χ3v) is 3.54. The van der Waals surface area contributed by atoms with Crippen LogP contribution in [0.25, 0.3) is 0 Å². The van der Waals surface area contributed by atoms with Crippen LogP contribution >= 0.6 is 7.82 Å². The number of halogens is 2. The van der Waals surface area contributed by atoms with Gasteiger partial charge in [-0.25, -0.2) is 8.78 Å². The Morgan fingerprint density at radius 3 is 2.95 bits per heavy atom. The van der Waals surface area contributed by atoms with Crippen molar-refractivity contribution in [2.45, 2.75) is 24.7 Å². The summed E-state index contributed by atoms with van der Waals surface area (Å²) in [6, 6.07) is 2.84. The fourth-order valence-corrected chi connectivity index (χ4v) is 2.34. The largest absolute Gasteiger partial charge is 0.756 e. The second-order valence-electron chi connectivity index (χ2n) is 4.71. The smallest absolute Gasteiger partial charge is 0.285 e. The molecule has 0 spiro atoms. The summed E-state index contributed by atoms with van der Waals surface area (Å²) in [4.78, 5) is 30.0. The van der Waals surface area contributed by atoms with Gasteiger partial charge in [0.1, 0.15) is 12.0 Å². The van der Waals surface area contributed by atoms with Crippen LogP contribution in [0.4, 0.5) is 8.78 Å². The normalized spacial score (nSPS) is 26.5. The van der Waals surface area contributed by atoms with Crippen LogP contribution in [0.5, 0.6) is 0 Å². The lowest BCUT2D eigenvalue weighted by Crippen LogP contribution is -2.40. The summed E-state index contributed by atoms with van der Waals surface area (Å²) in [6.07, 6.45) is -1.08. The number of phosphoric acid groups is 1. The SMILES string of the molecule is NC(=O)c1ccc[n+]([C@@H]2CC(F)(F)[C@@H](COP(=O)([O-])O)O2)c1. The number of hydrogen-bond acceptors (Lipinski definition) is 5. The van der Waals surface area contributed by atoms with Crippen LogP contribution in [-0.4, -0.2) is 29.4 Å². The number of aromatic nitrogens is 1. The van der Waals surface area contributed by atoms with E-state index < -0.39 is 45.0 Å². The van der Waals surface area contributed by atoms with E-state index in [4.69, 9.17) is 15.4 Å². The van der Waals surface area contributed by atoms with Crippen molar-refractivity contribution in [1.82, 2.24) is 0 Å². The van der Waals surface area contributed by atoms with Crippen molar-refractivity contribution in [3.05, 3.63) is 30.1 Å². The predicted molar refractivity (Wildman–Crippen MR) is 64.4 cm³/mol. The Kier molecular flexibility index (Phi) is 4.59. The number of phosphoric ester groups is 1. The van der Waals surface area contributed by atoms with Gasteiger partial charge in [0, 0.05) is 6.07 Å². The highest BCUT2D eigenvalue weighted by molar-refractivity contribution is 7.44. The number of ether oxygens (including phenoxy) is 1. The summed E-state index contributed by atoms with van der Waals surface area (Å²) in [5, 5.41) is 0. The second kappa shape index (κ2) is 5.98. The molecule has 1 aliphatic rings. The number of hydrogen-bond donors (Lipinski definition) is 2. The van der Waals surface area contributed by atoms with Gasteiger partial charge in [-0.3, -0.25) is 9.36 Å².